The molecule has 0 aliphatic rings. The largest absolute Gasteiger partial charge is 0.478 e. The van der Waals surface area contributed by atoms with E-state index in [0.29, 0.717) is 17.6 Å². The number of hydrogen-bond donors (Lipinski definition) is 2. The highest BCUT2D eigenvalue weighted by molar-refractivity contribution is 6.04. The monoisotopic (exact) mass is 303 g/mol. The molecule has 1 aromatic carbocycles. The maximum atomic E-state index is 11.8. The van der Waals surface area contributed by atoms with E-state index in [1.165, 1.54) is 0 Å². The van der Waals surface area contributed by atoms with E-state index in [-0.39, 0.29) is 5.41 Å². The van der Waals surface area contributed by atoms with Gasteiger partial charge in [-0.05, 0) is 43.9 Å². The molecule has 0 bridgehead atoms. The molecule has 0 aliphatic heterocycles. The molecule has 1 heterocycles. The third kappa shape index (κ3) is 2.52. The minimum atomic E-state index is -0.930. The summed E-state index contributed by atoms with van der Waals surface area (Å²) in [5.74, 6) is -0.930. The summed E-state index contributed by atoms with van der Waals surface area (Å²) >= 11 is 0. The van der Waals surface area contributed by atoms with Crippen LogP contribution in [0.1, 0.15) is 67.9 Å². The highest BCUT2D eigenvalue weighted by Gasteiger charge is 2.25. The molecule has 0 amide bonds. The lowest BCUT2D eigenvalue weighted by atomic mass is 9.84. The van der Waals surface area contributed by atoms with E-state index in [1.807, 2.05) is 24.5 Å². The normalized spacial score (nSPS) is 13.6. The smallest absolute Gasteiger partial charge is 0.337 e. The molecule has 0 saturated heterocycles. The fraction of sp³-hybridized carbons (Fsp3) is 0.500. The van der Waals surface area contributed by atoms with Crippen LogP contribution in [0.2, 0.25) is 0 Å². The highest BCUT2D eigenvalue weighted by Crippen LogP contribution is 2.36. The van der Waals surface area contributed by atoms with Crippen LogP contribution in [0.3, 0.4) is 0 Å². The van der Waals surface area contributed by atoms with Crippen molar-refractivity contribution >= 4 is 16.9 Å². The lowest BCUT2D eigenvalue weighted by Crippen LogP contribution is -2.13. The molecule has 120 valence electrons. The van der Waals surface area contributed by atoms with Crippen molar-refractivity contribution in [3.05, 3.63) is 34.5 Å². The molecule has 1 unspecified atom stereocenters. The molecule has 0 aliphatic carbocycles. The van der Waals surface area contributed by atoms with Gasteiger partial charge in [0.25, 0.3) is 0 Å². The SMILES string of the molecule is CCn1c(C)c(C(C)O)c2cc(C(C)(C)C)cc(C(=O)O)c21. The van der Waals surface area contributed by atoms with E-state index in [2.05, 4.69) is 20.8 Å². The Hall–Kier alpha value is -1.81. The zero-order valence-corrected chi connectivity index (χ0v) is 14.2. The lowest BCUT2D eigenvalue weighted by molar-refractivity contribution is 0.0698. The zero-order chi connectivity index (χ0) is 16.8. The summed E-state index contributed by atoms with van der Waals surface area (Å²) in [7, 11) is 0. The van der Waals surface area contributed by atoms with E-state index in [4.69, 9.17) is 0 Å². The number of rotatable bonds is 3. The molecule has 4 heteroatoms. The van der Waals surface area contributed by atoms with Crippen LogP contribution in [0, 0.1) is 6.92 Å². The number of carboxylic acids is 1. The van der Waals surface area contributed by atoms with Crippen molar-refractivity contribution in [3.8, 4) is 0 Å². The summed E-state index contributed by atoms with van der Waals surface area (Å²) in [6, 6.07) is 3.80. The highest BCUT2D eigenvalue weighted by atomic mass is 16.4. The maximum absolute atomic E-state index is 11.8. The molecule has 2 aromatic rings. The van der Waals surface area contributed by atoms with E-state index in [9.17, 15) is 15.0 Å². The number of carboxylic acid groups (broad SMARTS) is 1. The van der Waals surface area contributed by atoms with E-state index in [1.54, 1.807) is 13.0 Å². The molecule has 1 aromatic heterocycles. The standard InChI is InChI=1S/C18H25NO3/c1-7-19-10(2)15(11(3)20)13-8-12(18(4,5)6)9-14(16(13)19)17(21)22/h8-9,11,20H,7H2,1-6H3,(H,21,22). The Kier molecular flexibility index (Phi) is 4.09. The van der Waals surface area contributed by atoms with Crippen LogP contribution in [0.25, 0.3) is 10.9 Å². The number of aliphatic hydroxyl groups is 1. The van der Waals surface area contributed by atoms with Crippen molar-refractivity contribution in [1.29, 1.82) is 0 Å². The van der Waals surface area contributed by atoms with Gasteiger partial charge in [0.15, 0.2) is 0 Å². The summed E-state index contributed by atoms with van der Waals surface area (Å²) in [6.45, 7) is 12.5. The van der Waals surface area contributed by atoms with Crippen molar-refractivity contribution < 1.29 is 15.0 Å². The summed E-state index contributed by atoms with van der Waals surface area (Å²) in [6.07, 6.45) is -0.632. The van der Waals surface area contributed by atoms with Gasteiger partial charge in [0.2, 0.25) is 0 Å². The Morgan fingerprint density at radius 2 is 1.91 bits per heavy atom. The first-order valence-corrected chi connectivity index (χ1v) is 7.68. The van der Waals surface area contributed by atoms with Gasteiger partial charge >= 0.3 is 5.97 Å². The number of aromatic nitrogens is 1. The molecular weight excluding hydrogens is 278 g/mol. The second-order valence-electron chi connectivity index (χ2n) is 6.89. The third-order valence-corrected chi connectivity index (χ3v) is 4.30. The third-order valence-electron chi connectivity index (χ3n) is 4.30. The fourth-order valence-electron chi connectivity index (χ4n) is 3.16. The lowest BCUT2D eigenvalue weighted by Gasteiger charge is -2.20. The van der Waals surface area contributed by atoms with Crippen LogP contribution in [0.4, 0.5) is 0 Å². The summed E-state index contributed by atoms with van der Waals surface area (Å²) in [5, 5.41) is 20.7. The van der Waals surface area contributed by atoms with Crippen LogP contribution in [-0.2, 0) is 12.0 Å². The average Bonchev–Trinajstić information content (AvgIpc) is 2.67. The predicted molar refractivity (Wildman–Crippen MR) is 88.6 cm³/mol. The summed E-state index contributed by atoms with van der Waals surface area (Å²) in [4.78, 5) is 11.8. The summed E-state index contributed by atoms with van der Waals surface area (Å²) < 4.78 is 1.98. The number of aliphatic hydroxyl groups excluding tert-OH is 1. The average molecular weight is 303 g/mol. The van der Waals surface area contributed by atoms with Crippen molar-refractivity contribution in [2.24, 2.45) is 0 Å². The molecule has 0 spiro atoms. The number of fused-ring (bicyclic) bond motifs is 1. The minimum absolute atomic E-state index is 0.156. The summed E-state index contributed by atoms with van der Waals surface area (Å²) in [5.41, 5.74) is 3.58. The van der Waals surface area contributed by atoms with Gasteiger partial charge in [-0.15, -0.1) is 0 Å². The molecule has 22 heavy (non-hydrogen) atoms. The maximum Gasteiger partial charge on any atom is 0.337 e. The molecule has 0 radical (unpaired) electrons. The first-order valence-electron chi connectivity index (χ1n) is 7.68. The molecule has 0 saturated carbocycles. The van der Waals surface area contributed by atoms with Gasteiger partial charge in [-0.1, -0.05) is 20.8 Å². The van der Waals surface area contributed by atoms with Gasteiger partial charge < -0.3 is 14.8 Å². The van der Waals surface area contributed by atoms with Crippen LogP contribution in [-0.4, -0.2) is 20.7 Å². The number of carbonyl (C=O) groups is 1. The molecule has 0 fully saturated rings. The van der Waals surface area contributed by atoms with Gasteiger partial charge in [-0.3, -0.25) is 0 Å². The van der Waals surface area contributed by atoms with Gasteiger partial charge in [0.05, 0.1) is 17.2 Å². The topological polar surface area (TPSA) is 62.5 Å². The van der Waals surface area contributed by atoms with Crippen LogP contribution < -0.4 is 0 Å². The quantitative estimate of drug-likeness (QED) is 0.900. The molecule has 2 N–H and O–H groups in total. The second-order valence-corrected chi connectivity index (χ2v) is 6.89. The van der Waals surface area contributed by atoms with Crippen molar-refractivity contribution in [2.75, 3.05) is 0 Å². The van der Waals surface area contributed by atoms with Crippen molar-refractivity contribution in [2.45, 2.75) is 59.6 Å². The Labute approximate surface area is 131 Å². The minimum Gasteiger partial charge on any atom is -0.478 e. The fourth-order valence-corrected chi connectivity index (χ4v) is 3.16. The van der Waals surface area contributed by atoms with Crippen LogP contribution in [0.5, 0.6) is 0 Å². The van der Waals surface area contributed by atoms with Gasteiger partial charge in [-0.25, -0.2) is 4.79 Å². The molecule has 1 atom stereocenters. The van der Waals surface area contributed by atoms with Crippen LogP contribution >= 0.6 is 0 Å². The first kappa shape index (κ1) is 16.6. The second kappa shape index (κ2) is 5.43. The predicted octanol–water partition coefficient (Wildman–Crippen LogP) is 4.02. The zero-order valence-electron chi connectivity index (χ0n) is 14.2. The number of aromatic carboxylic acids is 1. The number of nitrogens with zero attached hydrogens (tertiary/aromatic N) is 1. The molecule has 4 nitrogen and oxygen atoms in total. The van der Waals surface area contributed by atoms with Gasteiger partial charge in [0, 0.05) is 23.2 Å². The number of aryl methyl sites for hydroxylation is 1. The molecular formula is C18H25NO3. The Balaban J connectivity index is 3.03. The Bertz CT molecular complexity index is 733. The molecule has 2 rings (SSSR count). The van der Waals surface area contributed by atoms with Crippen LogP contribution in [0.15, 0.2) is 12.1 Å². The Morgan fingerprint density at radius 1 is 1.32 bits per heavy atom. The first-order chi connectivity index (χ1) is 10.1. The van der Waals surface area contributed by atoms with Gasteiger partial charge in [0.1, 0.15) is 0 Å². The van der Waals surface area contributed by atoms with E-state index in [0.717, 1.165) is 22.2 Å². The van der Waals surface area contributed by atoms with Crippen molar-refractivity contribution in [3.63, 3.8) is 0 Å². The van der Waals surface area contributed by atoms with E-state index < -0.39 is 12.1 Å². The van der Waals surface area contributed by atoms with Gasteiger partial charge in [-0.2, -0.15) is 0 Å². The Morgan fingerprint density at radius 3 is 2.32 bits per heavy atom. The number of benzene rings is 1. The number of hydrogen-bond acceptors (Lipinski definition) is 2. The van der Waals surface area contributed by atoms with E-state index >= 15 is 0 Å². The van der Waals surface area contributed by atoms with Crippen molar-refractivity contribution in [1.82, 2.24) is 4.57 Å².